The molecule has 0 radical (unpaired) electrons. The highest BCUT2D eigenvalue weighted by molar-refractivity contribution is 6.44. The highest BCUT2D eigenvalue weighted by atomic mass is 35.5. The predicted molar refractivity (Wildman–Crippen MR) is 83.8 cm³/mol. The van der Waals surface area contributed by atoms with Gasteiger partial charge in [-0.3, -0.25) is 4.57 Å². The number of anilines is 1. The molecule has 0 saturated heterocycles. The molecule has 21 heavy (non-hydrogen) atoms. The molecule has 0 saturated carbocycles. The first kappa shape index (κ1) is 14.9. The first-order chi connectivity index (χ1) is 10.0. The molecule has 2 aromatic rings. The Morgan fingerprint density at radius 3 is 2.57 bits per heavy atom. The van der Waals surface area contributed by atoms with E-state index in [0.29, 0.717) is 22.2 Å². The highest BCUT2D eigenvalue weighted by Crippen LogP contribution is 2.20. The number of nitrogens with one attached hydrogen (secondary N) is 1. The topological polar surface area (TPSA) is 56.1 Å². The SMILES string of the molecule is C=C(Nc1ccc(C(=O)OC)cc1)c1nccn1C(=C)Cl. The summed E-state index contributed by atoms with van der Waals surface area (Å²) in [4.78, 5) is 15.5. The summed E-state index contributed by atoms with van der Waals surface area (Å²) in [5.74, 6) is 0.182. The van der Waals surface area contributed by atoms with Crippen LogP contribution in [0.4, 0.5) is 5.69 Å². The van der Waals surface area contributed by atoms with E-state index in [1.165, 1.54) is 7.11 Å². The summed E-state index contributed by atoms with van der Waals surface area (Å²) in [7, 11) is 1.34. The van der Waals surface area contributed by atoms with Crippen LogP contribution in [0.2, 0.25) is 0 Å². The molecule has 0 aliphatic rings. The molecule has 1 N–H and O–H groups in total. The zero-order valence-corrected chi connectivity index (χ0v) is 12.2. The number of methoxy groups -OCH3 is 1. The third kappa shape index (κ3) is 3.32. The van der Waals surface area contributed by atoms with Crippen molar-refractivity contribution in [2.75, 3.05) is 12.4 Å². The molecule has 0 amide bonds. The number of carbonyl (C=O) groups is 1. The van der Waals surface area contributed by atoms with Gasteiger partial charge in [-0.25, -0.2) is 9.78 Å². The van der Waals surface area contributed by atoms with Gasteiger partial charge in [-0.2, -0.15) is 0 Å². The summed E-state index contributed by atoms with van der Waals surface area (Å²) in [6.45, 7) is 7.58. The standard InChI is InChI=1S/C15H14ClN3O2/c1-10(14-17-8-9-19(14)11(2)16)18-13-6-4-12(5-7-13)15(20)21-3/h4-9,18H,1-2H2,3H3. The van der Waals surface area contributed by atoms with Gasteiger partial charge in [0.1, 0.15) is 5.16 Å². The summed E-state index contributed by atoms with van der Waals surface area (Å²) in [6.07, 6.45) is 3.30. The largest absolute Gasteiger partial charge is 0.465 e. The first-order valence-electron chi connectivity index (χ1n) is 6.05. The monoisotopic (exact) mass is 303 g/mol. The van der Waals surface area contributed by atoms with Gasteiger partial charge in [0.2, 0.25) is 0 Å². The van der Waals surface area contributed by atoms with Crippen molar-refractivity contribution >= 4 is 34.1 Å². The molecule has 1 heterocycles. The van der Waals surface area contributed by atoms with Crippen LogP contribution in [0.1, 0.15) is 16.2 Å². The van der Waals surface area contributed by atoms with Gasteiger partial charge in [-0.05, 0) is 24.3 Å². The maximum atomic E-state index is 11.4. The van der Waals surface area contributed by atoms with E-state index in [0.717, 1.165) is 5.69 Å². The highest BCUT2D eigenvalue weighted by Gasteiger charge is 2.09. The lowest BCUT2D eigenvalue weighted by atomic mass is 10.2. The van der Waals surface area contributed by atoms with Crippen molar-refractivity contribution in [2.24, 2.45) is 0 Å². The van der Waals surface area contributed by atoms with Gasteiger partial charge in [0.15, 0.2) is 5.82 Å². The quantitative estimate of drug-likeness (QED) is 0.860. The summed E-state index contributed by atoms with van der Waals surface area (Å²) in [6, 6.07) is 6.82. The molecule has 0 bridgehead atoms. The number of hydrogen-bond acceptors (Lipinski definition) is 4. The molecule has 0 unspecified atom stereocenters. The molecule has 0 aliphatic carbocycles. The van der Waals surface area contributed by atoms with Crippen LogP contribution in [-0.2, 0) is 4.74 Å². The van der Waals surface area contributed by atoms with E-state index in [2.05, 4.69) is 28.2 Å². The molecule has 1 aromatic carbocycles. The average molecular weight is 304 g/mol. The van der Waals surface area contributed by atoms with E-state index in [-0.39, 0.29) is 5.97 Å². The van der Waals surface area contributed by atoms with Gasteiger partial charge in [0, 0.05) is 18.1 Å². The predicted octanol–water partition coefficient (Wildman–Crippen LogP) is 3.42. The van der Waals surface area contributed by atoms with Crippen LogP contribution in [0.5, 0.6) is 0 Å². The minimum Gasteiger partial charge on any atom is -0.465 e. The van der Waals surface area contributed by atoms with Crippen molar-refractivity contribution in [3.8, 4) is 0 Å². The molecule has 0 aliphatic heterocycles. The Morgan fingerprint density at radius 1 is 1.33 bits per heavy atom. The van der Waals surface area contributed by atoms with Crippen LogP contribution in [0, 0.1) is 0 Å². The Bertz CT molecular complexity index is 689. The zero-order valence-electron chi connectivity index (χ0n) is 11.5. The van der Waals surface area contributed by atoms with Crippen LogP contribution in [0.25, 0.3) is 10.9 Å². The van der Waals surface area contributed by atoms with Gasteiger partial charge in [0.05, 0.1) is 18.4 Å². The number of ether oxygens (including phenoxy) is 1. The molecule has 2 rings (SSSR count). The molecular formula is C15H14ClN3O2. The van der Waals surface area contributed by atoms with Crippen LogP contribution in [0.3, 0.4) is 0 Å². The number of benzene rings is 1. The maximum absolute atomic E-state index is 11.4. The number of rotatable bonds is 5. The van der Waals surface area contributed by atoms with Crippen molar-refractivity contribution in [3.05, 3.63) is 61.2 Å². The lowest BCUT2D eigenvalue weighted by Crippen LogP contribution is -2.05. The molecular weight excluding hydrogens is 290 g/mol. The molecule has 0 atom stereocenters. The second kappa shape index (κ2) is 6.28. The Labute approximate surface area is 127 Å². The average Bonchev–Trinajstić information content (AvgIpc) is 2.97. The molecule has 6 heteroatoms. The molecule has 1 aromatic heterocycles. The van der Waals surface area contributed by atoms with Gasteiger partial charge in [0.25, 0.3) is 0 Å². The van der Waals surface area contributed by atoms with Crippen LogP contribution < -0.4 is 5.32 Å². The number of imidazole rings is 1. The Balaban J connectivity index is 2.14. The van der Waals surface area contributed by atoms with E-state index in [4.69, 9.17) is 11.6 Å². The number of nitrogens with zero attached hydrogens (tertiary/aromatic N) is 2. The lowest BCUT2D eigenvalue weighted by Gasteiger charge is -2.11. The number of esters is 1. The minimum atomic E-state index is -0.380. The fourth-order valence-corrected chi connectivity index (χ4v) is 1.90. The van der Waals surface area contributed by atoms with E-state index in [1.54, 1.807) is 41.2 Å². The van der Waals surface area contributed by atoms with Gasteiger partial charge in [-0.1, -0.05) is 24.8 Å². The summed E-state index contributed by atoms with van der Waals surface area (Å²) < 4.78 is 6.25. The normalized spacial score (nSPS) is 10.0. The van der Waals surface area contributed by atoms with Crippen molar-refractivity contribution in [1.29, 1.82) is 0 Å². The van der Waals surface area contributed by atoms with E-state index in [9.17, 15) is 4.79 Å². The van der Waals surface area contributed by atoms with Crippen LogP contribution in [-0.4, -0.2) is 22.6 Å². The smallest absolute Gasteiger partial charge is 0.337 e. The third-order valence-electron chi connectivity index (χ3n) is 2.77. The summed E-state index contributed by atoms with van der Waals surface area (Å²) >= 11 is 5.88. The van der Waals surface area contributed by atoms with Gasteiger partial charge < -0.3 is 10.1 Å². The fraction of sp³-hybridized carbons (Fsp3) is 0.0667. The van der Waals surface area contributed by atoms with Crippen molar-refractivity contribution < 1.29 is 9.53 Å². The Hall–Kier alpha value is -2.53. The number of halogens is 1. The van der Waals surface area contributed by atoms with Crippen LogP contribution >= 0.6 is 11.6 Å². The second-order valence-electron chi connectivity index (χ2n) is 4.17. The molecule has 5 nitrogen and oxygen atoms in total. The van der Waals surface area contributed by atoms with Crippen LogP contribution in [0.15, 0.2) is 49.8 Å². The fourth-order valence-electron chi connectivity index (χ4n) is 1.76. The molecule has 0 spiro atoms. The maximum Gasteiger partial charge on any atom is 0.337 e. The zero-order chi connectivity index (χ0) is 15.4. The Morgan fingerprint density at radius 2 is 2.00 bits per heavy atom. The van der Waals surface area contributed by atoms with E-state index >= 15 is 0 Å². The summed E-state index contributed by atoms with van der Waals surface area (Å²) in [5.41, 5.74) is 1.80. The number of hydrogen-bond donors (Lipinski definition) is 1. The molecule has 0 fully saturated rings. The second-order valence-corrected chi connectivity index (χ2v) is 4.61. The van der Waals surface area contributed by atoms with E-state index in [1.807, 2.05) is 0 Å². The summed E-state index contributed by atoms with van der Waals surface area (Å²) in [5, 5.41) is 3.42. The molecule has 108 valence electrons. The first-order valence-corrected chi connectivity index (χ1v) is 6.43. The Kier molecular flexibility index (Phi) is 4.45. The third-order valence-corrected chi connectivity index (χ3v) is 2.96. The van der Waals surface area contributed by atoms with Gasteiger partial charge >= 0.3 is 5.97 Å². The van der Waals surface area contributed by atoms with Crippen molar-refractivity contribution in [3.63, 3.8) is 0 Å². The minimum absolute atomic E-state index is 0.325. The van der Waals surface area contributed by atoms with E-state index < -0.39 is 0 Å². The van der Waals surface area contributed by atoms with Gasteiger partial charge in [-0.15, -0.1) is 0 Å². The number of carbonyl (C=O) groups excluding carboxylic acids is 1. The number of aromatic nitrogens is 2. The van der Waals surface area contributed by atoms with Crippen molar-refractivity contribution in [2.45, 2.75) is 0 Å². The lowest BCUT2D eigenvalue weighted by molar-refractivity contribution is 0.0601. The van der Waals surface area contributed by atoms with Crippen molar-refractivity contribution in [1.82, 2.24) is 9.55 Å².